The van der Waals surface area contributed by atoms with Crippen LogP contribution in [0, 0.1) is 0 Å². The third-order valence-corrected chi connectivity index (χ3v) is 6.02. The summed E-state index contributed by atoms with van der Waals surface area (Å²) in [6, 6.07) is 2.29. The van der Waals surface area contributed by atoms with E-state index in [0.717, 1.165) is 38.1 Å². The third-order valence-electron chi connectivity index (χ3n) is 2.09. The van der Waals surface area contributed by atoms with Crippen LogP contribution in [0.3, 0.4) is 0 Å². The van der Waals surface area contributed by atoms with E-state index in [2.05, 4.69) is 6.55 Å². The predicted molar refractivity (Wildman–Crippen MR) is 60.1 cm³/mol. The van der Waals surface area contributed by atoms with Crippen LogP contribution in [-0.2, 0) is 9.47 Å². The quantitative estimate of drug-likeness (QED) is 0.359. The second-order valence-corrected chi connectivity index (χ2v) is 10.2. The molecule has 0 rings (SSSR count). The maximum absolute atomic E-state index is 6.44. The van der Waals surface area contributed by atoms with Gasteiger partial charge in [0.15, 0.2) is 7.38 Å². The Hall–Kier alpha value is 0.427. The lowest BCUT2D eigenvalue weighted by Crippen LogP contribution is -2.22. The highest BCUT2D eigenvalue weighted by atomic mass is 35.6. The van der Waals surface area contributed by atoms with Gasteiger partial charge in [0.05, 0.1) is 0 Å². The van der Waals surface area contributed by atoms with E-state index in [9.17, 15) is 0 Å². The first-order chi connectivity index (χ1) is 6.12. The lowest BCUT2D eigenvalue weighted by atomic mass is 10.5. The smallest absolute Gasteiger partial charge is 0.153 e. The zero-order valence-corrected chi connectivity index (χ0v) is 10.7. The summed E-state index contributed by atoms with van der Waals surface area (Å²) in [5.74, 6) is 0. The third kappa shape index (κ3) is 8.75. The lowest BCUT2D eigenvalue weighted by molar-refractivity contribution is 0.197. The average molecular weight is 225 g/mol. The van der Waals surface area contributed by atoms with Gasteiger partial charge in [-0.3, -0.25) is 0 Å². The Labute approximate surface area is 87.3 Å². The van der Waals surface area contributed by atoms with Crippen LogP contribution < -0.4 is 0 Å². The SMILES string of the molecule is COCCC[Si](C)(Cl)CCCOC. The van der Waals surface area contributed by atoms with Gasteiger partial charge in [-0.25, -0.2) is 0 Å². The van der Waals surface area contributed by atoms with Crippen molar-refractivity contribution >= 4 is 18.5 Å². The first kappa shape index (κ1) is 13.4. The summed E-state index contributed by atoms with van der Waals surface area (Å²) in [5.41, 5.74) is 0. The molecule has 0 aromatic rings. The topological polar surface area (TPSA) is 18.5 Å². The molecule has 0 heterocycles. The molecule has 0 aliphatic carbocycles. The standard InChI is InChI=1S/C9H21ClO2Si/c1-11-6-4-8-13(3,10)9-5-7-12-2/h4-9H2,1-3H3. The van der Waals surface area contributed by atoms with Gasteiger partial charge >= 0.3 is 0 Å². The summed E-state index contributed by atoms with van der Waals surface area (Å²) in [5, 5.41) is 0. The molecule has 0 aromatic carbocycles. The molecule has 80 valence electrons. The lowest BCUT2D eigenvalue weighted by Gasteiger charge is -2.18. The van der Waals surface area contributed by atoms with Crippen molar-refractivity contribution in [2.45, 2.75) is 31.5 Å². The Morgan fingerprint density at radius 2 is 1.38 bits per heavy atom. The first-order valence-electron chi connectivity index (χ1n) is 4.79. The normalized spacial score (nSPS) is 12.0. The maximum atomic E-state index is 6.44. The predicted octanol–water partition coefficient (Wildman–Crippen LogP) is 2.87. The van der Waals surface area contributed by atoms with Crippen LogP contribution in [0.25, 0.3) is 0 Å². The van der Waals surface area contributed by atoms with E-state index in [1.165, 1.54) is 0 Å². The molecule has 13 heavy (non-hydrogen) atoms. The van der Waals surface area contributed by atoms with Gasteiger partial charge in [-0.1, -0.05) is 6.55 Å². The molecule has 0 amide bonds. The van der Waals surface area contributed by atoms with Crippen LogP contribution in [0.4, 0.5) is 0 Å². The van der Waals surface area contributed by atoms with E-state index in [1.807, 2.05) is 0 Å². The number of ether oxygens (including phenoxy) is 2. The highest BCUT2D eigenvalue weighted by Gasteiger charge is 2.22. The molecule has 0 unspecified atom stereocenters. The number of rotatable bonds is 8. The number of halogens is 1. The molecule has 0 saturated heterocycles. The molecule has 0 aliphatic heterocycles. The van der Waals surface area contributed by atoms with Crippen molar-refractivity contribution in [3.05, 3.63) is 0 Å². The van der Waals surface area contributed by atoms with Gasteiger partial charge in [0.2, 0.25) is 0 Å². The molecule has 0 radical (unpaired) electrons. The number of hydrogen-bond acceptors (Lipinski definition) is 2. The Kier molecular flexibility index (Phi) is 8.05. The molecular weight excluding hydrogens is 204 g/mol. The van der Waals surface area contributed by atoms with E-state index >= 15 is 0 Å². The zero-order valence-electron chi connectivity index (χ0n) is 8.94. The Balaban J connectivity index is 3.42. The minimum atomic E-state index is -1.47. The van der Waals surface area contributed by atoms with Gasteiger partial charge in [-0.15, -0.1) is 0 Å². The number of hydrogen-bond donors (Lipinski definition) is 0. The van der Waals surface area contributed by atoms with E-state index < -0.39 is 7.38 Å². The molecule has 0 N–H and O–H groups in total. The molecule has 0 aromatic heterocycles. The minimum absolute atomic E-state index is 0.833. The largest absolute Gasteiger partial charge is 0.385 e. The molecule has 2 nitrogen and oxygen atoms in total. The molecule has 0 aliphatic rings. The molecule has 0 saturated carbocycles. The van der Waals surface area contributed by atoms with E-state index in [-0.39, 0.29) is 0 Å². The zero-order chi connectivity index (χ0) is 10.2. The second kappa shape index (κ2) is 7.80. The van der Waals surface area contributed by atoms with Crippen LogP contribution in [0.15, 0.2) is 0 Å². The van der Waals surface area contributed by atoms with Crippen LogP contribution in [0.2, 0.25) is 18.6 Å². The summed E-state index contributed by atoms with van der Waals surface area (Å²) >= 11 is 6.44. The van der Waals surface area contributed by atoms with Crippen molar-refractivity contribution in [3.8, 4) is 0 Å². The van der Waals surface area contributed by atoms with Crippen LogP contribution in [-0.4, -0.2) is 34.8 Å². The monoisotopic (exact) mass is 224 g/mol. The van der Waals surface area contributed by atoms with E-state index in [4.69, 9.17) is 20.6 Å². The Bertz CT molecular complexity index is 108. The van der Waals surface area contributed by atoms with Gasteiger partial charge in [0, 0.05) is 27.4 Å². The summed E-state index contributed by atoms with van der Waals surface area (Å²) < 4.78 is 10.0. The van der Waals surface area contributed by atoms with Gasteiger partial charge in [0.1, 0.15) is 0 Å². The summed E-state index contributed by atoms with van der Waals surface area (Å²) in [6.45, 7) is 3.89. The van der Waals surface area contributed by atoms with Crippen LogP contribution in [0.5, 0.6) is 0 Å². The maximum Gasteiger partial charge on any atom is 0.153 e. The fraction of sp³-hybridized carbons (Fsp3) is 1.00. The van der Waals surface area contributed by atoms with Crippen molar-refractivity contribution in [2.24, 2.45) is 0 Å². The number of methoxy groups -OCH3 is 2. The minimum Gasteiger partial charge on any atom is -0.385 e. The van der Waals surface area contributed by atoms with Gasteiger partial charge in [-0.05, 0) is 24.9 Å². The highest BCUT2D eigenvalue weighted by Crippen LogP contribution is 2.23. The average Bonchev–Trinajstić information content (AvgIpc) is 2.05. The molecule has 0 bridgehead atoms. The Morgan fingerprint density at radius 1 is 1.00 bits per heavy atom. The van der Waals surface area contributed by atoms with Crippen LogP contribution in [0.1, 0.15) is 12.8 Å². The molecule has 0 fully saturated rings. The Morgan fingerprint density at radius 3 is 1.69 bits per heavy atom. The molecule has 4 heteroatoms. The van der Waals surface area contributed by atoms with Crippen molar-refractivity contribution < 1.29 is 9.47 Å². The van der Waals surface area contributed by atoms with Gasteiger partial charge in [-0.2, -0.15) is 11.1 Å². The van der Waals surface area contributed by atoms with Gasteiger partial charge < -0.3 is 9.47 Å². The van der Waals surface area contributed by atoms with Crippen molar-refractivity contribution in [3.63, 3.8) is 0 Å². The summed E-state index contributed by atoms with van der Waals surface area (Å²) in [7, 11) is 2.00. The van der Waals surface area contributed by atoms with Crippen LogP contribution >= 0.6 is 11.1 Å². The summed E-state index contributed by atoms with van der Waals surface area (Å²) in [4.78, 5) is 0. The highest BCUT2D eigenvalue weighted by molar-refractivity contribution is 7.19. The summed E-state index contributed by atoms with van der Waals surface area (Å²) in [6.07, 6.45) is 2.19. The van der Waals surface area contributed by atoms with Crippen molar-refractivity contribution in [2.75, 3.05) is 27.4 Å². The first-order valence-corrected chi connectivity index (χ1v) is 8.72. The fourth-order valence-corrected chi connectivity index (χ4v) is 4.11. The molecular formula is C9H21ClO2Si. The van der Waals surface area contributed by atoms with Gasteiger partial charge in [0.25, 0.3) is 0 Å². The molecule has 0 spiro atoms. The fourth-order valence-electron chi connectivity index (χ4n) is 1.30. The second-order valence-electron chi connectivity index (χ2n) is 3.61. The van der Waals surface area contributed by atoms with E-state index in [1.54, 1.807) is 14.2 Å². The van der Waals surface area contributed by atoms with Crippen molar-refractivity contribution in [1.82, 2.24) is 0 Å². The van der Waals surface area contributed by atoms with E-state index in [0.29, 0.717) is 0 Å². The van der Waals surface area contributed by atoms with Crippen molar-refractivity contribution in [1.29, 1.82) is 0 Å². The molecule has 0 atom stereocenters.